The van der Waals surface area contributed by atoms with Crippen molar-refractivity contribution in [2.75, 3.05) is 11.9 Å². The van der Waals surface area contributed by atoms with Gasteiger partial charge in [-0.3, -0.25) is 0 Å². The number of primary sulfonamides is 1. The van der Waals surface area contributed by atoms with E-state index in [-0.39, 0.29) is 22.8 Å². The van der Waals surface area contributed by atoms with Gasteiger partial charge in [0.05, 0.1) is 6.10 Å². The van der Waals surface area contributed by atoms with Gasteiger partial charge in [0, 0.05) is 18.3 Å². The fraction of sp³-hybridized carbons (Fsp3) is 0.154. The molecule has 0 bridgehead atoms. The summed E-state index contributed by atoms with van der Waals surface area (Å²) in [6.07, 6.45) is 0.230. The summed E-state index contributed by atoms with van der Waals surface area (Å²) in [6.45, 7) is -0.111. The van der Waals surface area contributed by atoms with Crippen LogP contribution in [0.2, 0.25) is 0 Å². The number of sulfonamides is 1. The molecular formula is C13H14FN3O3S. The van der Waals surface area contributed by atoms with Gasteiger partial charge in [-0.25, -0.2) is 22.9 Å². The Balaban J connectivity index is 2.16. The molecule has 0 aliphatic heterocycles. The molecule has 0 aliphatic rings. The maximum absolute atomic E-state index is 13.5. The lowest BCUT2D eigenvalue weighted by Crippen LogP contribution is -2.19. The minimum absolute atomic E-state index is 0.00962. The van der Waals surface area contributed by atoms with Crippen LogP contribution in [0.25, 0.3) is 0 Å². The van der Waals surface area contributed by atoms with E-state index in [4.69, 9.17) is 5.14 Å². The van der Waals surface area contributed by atoms with Crippen molar-refractivity contribution >= 4 is 15.8 Å². The molecule has 0 saturated heterocycles. The summed E-state index contributed by atoms with van der Waals surface area (Å²) in [5, 5.41) is 17.7. The Hall–Kier alpha value is -2.03. The molecule has 1 aromatic heterocycles. The molecule has 2 rings (SSSR count). The van der Waals surface area contributed by atoms with E-state index in [0.29, 0.717) is 0 Å². The maximum Gasteiger partial charge on any atom is 0.241 e. The van der Waals surface area contributed by atoms with Crippen LogP contribution in [0.3, 0.4) is 0 Å². The van der Waals surface area contributed by atoms with E-state index < -0.39 is 21.9 Å². The number of nitrogens with two attached hydrogens (primary N) is 1. The standard InChI is InChI=1S/C13H14FN3O3S/c14-10-5-2-1-4-9(10)11(18)8-17-13-12(21(15,19)20)6-3-7-16-13/h1-7,11,18H,8H2,(H,16,17)(H2,15,19,20). The van der Waals surface area contributed by atoms with Crippen LogP contribution in [0.5, 0.6) is 0 Å². The molecule has 0 fully saturated rings. The molecule has 4 N–H and O–H groups in total. The predicted molar refractivity (Wildman–Crippen MR) is 75.5 cm³/mol. The number of benzene rings is 1. The van der Waals surface area contributed by atoms with Crippen molar-refractivity contribution in [3.8, 4) is 0 Å². The Bertz CT molecular complexity index is 737. The Morgan fingerprint density at radius 1 is 1.29 bits per heavy atom. The summed E-state index contributed by atoms with van der Waals surface area (Å²) >= 11 is 0. The van der Waals surface area contributed by atoms with Crippen molar-refractivity contribution in [3.63, 3.8) is 0 Å². The zero-order valence-corrected chi connectivity index (χ0v) is 11.7. The van der Waals surface area contributed by atoms with Crippen LogP contribution in [0.15, 0.2) is 47.5 Å². The molecule has 2 aromatic rings. The molecule has 6 nitrogen and oxygen atoms in total. The third-order valence-electron chi connectivity index (χ3n) is 2.80. The van der Waals surface area contributed by atoms with Gasteiger partial charge >= 0.3 is 0 Å². The molecule has 8 heteroatoms. The number of aliphatic hydroxyl groups is 1. The Morgan fingerprint density at radius 3 is 2.67 bits per heavy atom. The number of nitrogens with zero attached hydrogens (tertiary/aromatic N) is 1. The van der Waals surface area contributed by atoms with Crippen molar-refractivity contribution in [1.82, 2.24) is 4.98 Å². The van der Waals surface area contributed by atoms with Crippen molar-refractivity contribution in [1.29, 1.82) is 0 Å². The molecule has 1 aromatic carbocycles. The monoisotopic (exact) mass is 311 g/mol. The quantitative estimate of drug-likeness (QED) is 0.764. The Morgan fingerprint density at radius 2 is 2.00 bits per heavy atom. The SMILES string of the molecule is NS(=O)(=O)c1cccnc1NCC(O)c1ccccc1F. The van der Waals surface area contributed by atoms with E-state index in [9.17, 15) is 17.9 Å². The third-order valence-corrected chi connectivity index (χ3v) is 3.75. The van der Waals surface area contributed by atoms with Gasteiger partial charge in [0.1, 0.15) is 16.5 Å². The molecule has 0 spiro atoms. The molecule has 0 amide bonds. The average Bonchev–Trinajstić information content (AvgIpc) is 2.44. The number of hydrogen-bond donors (Lipinski definition) is 3. The normalized spacial score (nSPS) is 12.9. The molecule has 1 atom stereocenters. The zero-order valence-electron chi connectivity index (χ0n) is 10.9. The third kappa shape index (κ3) is 3.75. The highest BCUT2D eigenvalue weighted by Gasteiger charge is 2.17. The summed E-state index contributed by atoms with van der Waals surface area (Å²) in [5.74, 6) is -0.533. The number of halogens is 1. The van der Waals surface area contributed by atoms with Crippen LogP contribution in [0.1, 0.15) is 11.7 Å². The number of aliphatic hydroxyl groups excluding tert-OH is 1. The number of rotatable bonds is 5. The second-order valence-electron chi connectivity index (χ2n) is 4.31. The van der Waals surface area contributed by atoms with Crippen molar-refractivity contribution in [2.24, 2.45) is 5.14 Å². The molecule has 112 valence electrons. The second kappa shape index (κ2) is 6.17. The first-order chi connectivity index (χ1) is 9.89. The van der Waals surface area contributed by atoms with E-state index in [1.165, 1.54) is 36.5 Å². The first-order valence-corrected chi connectivity index (χ1v) is 7.58. The lowest BCUT2D eigenvalue weighted by molar-refractivity contribution is 0.186. The van der Waals surface area contributed by atoms with Crippen LogP contribution in [-0.2, 0) is 10.0 Å². The topological polar surface area (TPSA) is 105 Å². The van der Waals surface area contributed by atoms with Crippen LogP contribution in [-0.4, -0.2) is 25.1 Å². The van der Waals surface area contributed by atoms with Gasteiger partial charge in [-0.2, -0.15) is 0 Å². The van der Waals surface area contributed by atoms with Gasteiger partial charge in [0.15, 0.2) is 0 Å². The fourth-order valence-electron chi connectivity index (χ4n) is 1.80. The smallest absolute Gasteiger partial charge is 0.241 e. The van der Waals surface area contributed by atoms with Crippen LogP contribution in [0.4, 0.5) is 10.2 Å². The molecule has 0 radical (unpaired) electrons. The fourth-order valence-corrected chi connectivity index (χ4v) is 2.46. The molecule has 1 unspecified atom stereocenters. The van der Waals surface area contributed by atoms with Crippen LogP contribution in [0, 0.1) is 5.82 Å². The zero-order chi connectivity index (χ0) is 15.5. The minimum atomic E-state index is -3.93. The van der Waals surface area contributed by atoms with Crippen molar-refractivity contribution in [3.05, 3.63) is 54.0 Å². The molecule has 21 heavy (non-hydrogen) atoms. The van der Waals surface area contributed by atoms with Crippen LogP contribution < -0.4 is 10.5 Å². The highest BCUT2D eigenvalue weighted by Crippen LogP contribution is 2.20. The lowest BCUT2D eigenvalue weighted by Gasteiger charge is -2.14. The van der Waals surface area contributed by atoms with E-state index in [0.717, 1.165) is 0 Å². The summed E-state index contributed by atoms with van der Waals surface area (Å²) in [7, 11) is -3.93. The Kier molecular flexibility index (Phi) is 4.51. The average molecular weight is 311 g/mol. The number of aromatic nitrogens is 1. The highest BCUT2D eigenvalue weighted by atomic mass is 32.2. The number of hydrogen-bond acceptors (Lipinski definition) is 5. The van der Waals surface area contributed by atoms with Gasteiger partial charge in [-0.05, 0) is 18.2 Å². The van der Waals surface area contributed by atoms with Crippen molar-refractivity contribution < 1.29 is 17.9 Å². The minimum Gasteiger partial charge on any atom is -0.386 e. The van der Waals surface area contributed by atoms with Gasteiger partial charge < -0.3 is 10.4 Å². The number of anilines is 1. The molecule has 1 heterocycles. The molecule has 0 saturated carbocycles. The maximum atomic E-state index is 13.5. The van der Waals surface area contributed by atoms with E-state index in [1.54, 1.807) is 6.07 Å². The van der Waals surface area contributed by atoms with Gasteiger partial charge in [-0.15, -0.1) is 0 Å². The first kappa shape index (κ1) is 15.4. The summed E-state index contributed by atoms with van der Waals surface area (Å²) < 4.78 is 36.3. The van der Waals surface area contributed by atoms with E-state index >= 15 is 0 Å². The largest absolute Gasteiger partial charge is 0.386 e. The summed E-state index contributed by atoms with van der Waals surface area (Å²) in [5.41, 5.74) is 0.109. The van der Waals surface area contributed by atoms with Gasteiger partial charge in [-0.1, -0.05) is 18.2 Å². The van der Waals surface area contributed by atoms with Gasteiger partial charge in [0.25, 0.3) is 0 Å². The first-order valence-electron chi connectivity index (χ1n) is 6.04. The predicted octanol–water partition coefficient (Wildman–Crippen LogP) is 1.01. The lowest BCUT2D eigenvalue weighted by atomic mass is 10.1. The molecule has 0 aliphatic carbocycles. The van der Waals surface area contributed by atoms with E-state index in [1.807, 2.05) is 0 Å². The van der Waals surface area contributed by atoms with Crippen molar-refractivity contribution in [2.45, 2.75) is 11.0 Å². The summed E-state index contributed by atoms with van der Waals surface area (Å²) in [4.78, 5) is 3.67. The number of pyridine rings is 1. The Labute approximate surface area is 121 Å². The summed E-state index contributed by atoms with van der Waals surface area (Å²) in [6, 6.07) is 8.50. The van der Waals surface area contributed by atoms with E-state index in [2.05, 4.69) is 10.3 Å². The second-order valence-corrected chi connectivity index (χ2v) is 5.84. The van der Waals surface area contributed by atoms with Gasteiger partial charge in [0.2, 0.25) is 10.0 Å². The highest BCUT2D eigenvalue weighted by molar-refractivity contribution is 7.89. The number of nitrogens with one attached hydrogen (secondary N) is 1. The van der Waals surface area contributed by atoms with Crippen LogP contribution >= 0.6 is 0 Å². The molecular weight excluding hydrogens is 297 g/mol.